The lowest BCUT2D eigenvalue weighted by atomic mass is 10.0. The first-order valence-electron chi connectivity index (χ1n) is 9.29. The second-order valence-electron chi connectivity index (χ2n) is 6.76. The maximum Gasteiger partial charge on any atom is 0.345 e. The van der Waals surface area contributed by atoms with E-state index in [9.17, 15) is 14.7 Å². The van der Waals surface area contributed by atoms with Crippen LogP contribution in [0.3, 0.4) is 0 Å². The quantitative estimate of drug-likeness (QED) is 0.716. The zero-order chi connectivity index (χ0) is 20.0. The molecular weight excluding hydrogens is 342 g/mol. The van der Waals surface area contributed by atoms with Crippen LogP contribution in [-0.2, 0) is 17.6 Å². The number of hydrogen-bond donors (Lipinski definition) is 2. The monoisotopic (exact) mass is 369 g/mol. The summed E-state index contributed by atoms with van der Waals surface area (Å²) in [4.78, 5) is 23.9. The number of aryl methyl sites for hydroxylation is 2. The van der Waals surface area contributed by atoms with Gasteiger partial charge in [0.25, 0.3) is 5.91 Å². The molecule has 144 valence electrons. The van der Waals surface area contributed by atoms with Gasteiger partial charge in [-0.2, -0.15) is 0 Å². The number of nitrogens with one attached hydrogen (secondary N) is 1. The Morgan fingerprint density at radius 3 is 2.00 bits per heavy atom. The fourth-order valence-corrected chi connectivity index (χ4v) is 2.89. The number of hydrogen-bond acceptors (Lipinski definition) is 3. The SMILES string of the molecule is CCc1cccc(CC)c1NC(=O)c1ccc(OC(C(=O)O)C(C)C)cc1. The Labute approximate surface area is 160 Å². The number of anilines is 1. The minimum atomic E-state index is -1.00. The van der Waals surface area contributed by atoms with Crippen molar-refractivity contribution in [3.05, 3.63) is 59.2 Å². The van der Waals surface area contributed by atoms with Gasteiger partial charge in [-0.1, -0.05) is 45.9 Å². The van der Waals surface area contributed by atoms with E-state index in [1.54, 1.807) is 38.1 Å². The number of carboxylic acids is 1. The van der Waals surface area contributed by atoms with E-state index < -0.39 is 12.1 Å². The highest BCUT2D eigenvalue weighted by Gasteiger charge is 2.23. The largest absolute Gasteiger partial charge is 0.478 e. The molecule has 2 N–H and O–H groups in total. The molecule has 5 heteroatoms. The third-order valence-corrected chi connectivity index (χ3v) is 4.47. The molecule has 0 aromatic heterocycles. The lowest BCUT2D eigenvalue weighted by molar-refractivity contribution is -0.147. The highest BCUT2D eigenvalue weighted by Crippen LogP contribution is 2.24. The molecule has 1 atom stereocenters. The van der Waals surface area contributed by atoms with Crippen molar-refractivity contribution in [1.29, 1.82) is 0 Å². The Kier molecular flexibility index (Phi) is 6.99. The molecule has 5 nitrogen and oxygen atoms in total. The van der Waals surface area contributed by atoms with Crippen LogP contribution >= 0.6 is 0 Å². The van der Waals surface area contributed by atoms with Gasteiger partial charge in [0.05, 0.1) is 0 Å². The van der Waals surface area contributed by atoms with Crippen molar-refractivity contribution < 1.29 is 19.4 Å². The van der Waals surface area contributed by atoms with Crippen LogP contribution in [0.4, 0.5) is 5.69 Å². The number of rotatable bonds is 8. The van der Waals surface area contributed by atoms with Crippen LogP contribution in [0.15, 0.2) is 42.5 Å². The molecule has 0 bridgehead atoms. The van der Waals surface area contributed by atoms with E-state index in [4.69, 9.17) is 4.74 Å². The highest BCUT2D eigenvalue weighted by atomic mass is 16.5. The van der Waals surface area contributed by atoms with Crippen LogP contribution in [0, 0.1) is 5.92 Å². The summed E-state index contributed by atoms with van der Waals surface area (Å²) in [6.45, 7) is 7.70. The number of amides is 1. The van der Waals surface area contributed by atoms with E-state index in [2.05, 4.69) is 19.2 Å². The predicted molar refractivity (Wildman–Crippen MR) is 106 cm³/mol. The smallest absolute Gasteiger partial charge is 0.345 e. The molecule has 0 aliphatic carbocycles. The summed E-state index contributed by atoms with van der Waals surface area (Å²) >= 11 is 0. The molecule has 2 rings (SSSR count). The lowest BCUT2D eigenvalue weighted by Gasteiger charge is -2.18. The molecule has 1 unspecified atom stereocenters. The Morgan fingerprint density at radius 1 is 1.00 bits per heavy atom. The third kappa shape index (κ3) is 5.09. The average molecular weight is 369 g/mol. The third-order valence-electron chi connectivity index (χ3n) is 4.47. The van der Waals surface area contributed by atoms with Crippen molar-refractivity contribution in [3.63, 3.8) is 0 Å². The van der Waals surface area contributed by atoms with E-state index in [0.29, 0.717) is 11.3 Å². The van der Waals surface area contributed by atoms with E-state index in [1.165, 1.54) is 0 Å². The molecule has 2 aromatic rings. The van der Waals surface area contributed by atoms with Gasteiger partial charge in [0.2, 0.25) is 0 Å². The van der Waals surface area contributed by atoms with Crippen molar-refractivity contribution >= 4 is 17.6 Å². The summed E-state index contributed by atoms with van der Waals surface area (Å²) in [6, 6.07) is 12.6. The molecule has 27 heavy (non-hydrogen) atoms. The molecular formula is C22H27NO4. The van der Waals surface area contributed by atoms with E-state index in [0.717, 1.165) is 29.7 Å². The summed E-state index contributed by atoms with van der Waals surface area (Å²) in [5.74, 6) is -0.940. The Bertz CT molecular complexity index is 774. The van der Waals surface area contributed by atoms with Crippen LogP contribution in [0.5, 0.6) is 5.75 Å². The van der Waals surface area contributed by atoms with Crippen molar-refractivity contribution in [1.82, 2.24) is 0 Å². The Hall–Kier alpha value is -2.82. The van der Waals surface area contributed by atoms with Gasteiger partial charge in [0.1, 0.15) is 5.75 Å². The maximum absolute atomic E-state index is 12.7. The molecule has 0 aliphatic rings. The van der Waals surface area contributed by atoms with Crippen LogP contribution in [0.25, 0.3) is 0 Å². The van der Waals surface area contributed by atoms with Crippen molar-refractivity contribution in [2.45, 2.75) is 46.6 Å². The number of carbonyl (C=O) groups excluding carboxylic acids is 1. The van der Waals surface area contributed by atoms with Crippen molar-refractivity contribution in [2.24, 2.45) is 5.92 Å². The number of carbonyl (C=O) groups is 2. The molecule has 2 aromatic carbocycles. The van der Waals surface area contributed by atoms with E-state index in [1.807, 2.05) is 18.2 Å². The van der Waals surface area contributed by atoms with Crippen LogP contribution < -0.4 is 10.1 Å². The fourth-order valence-electron chi connectivity index (χ4n) is 2.89. The number of para-hydroxylation sites is 1. The summed E-state index contributed by atoms with van der Waals surface area (Å²) in [7, 11) is 0. The summed E-state index contributed by atoms with van der Waals surface area (Å²) in [6.07, 6.45) is 0.748. The van der Waals surface area contributed by atoms with Crippen LogP contribution in [-0.4, -0.2) is 23.1 Å². The van der Waals surface area contributed by atoms with Gasteiger partial charge in [-0.05, 0) is 48.2 Å². The molecule has 0 saturated heterocycles. The molecule has 0 fully saturated rings. The topological polar surface area (TPSA) is 75.6 Å². The average Bonchev–Trinajstić information content (AvgIpc) is 2.66. The van der Waals surface area contributed by atoms with Crippen LogP contribution in [0.2, 0.25) is 0 Å². The van der Waals surface area contributed by atoms with Gasteiger partial charge < -0.3 is 15.2 Å². The summed E-state index contributed by atoms with van der Waals surface area (Å²) in [5.41, 5.74) is 3.57. The maximum atomic E-state index is 12.7. The minimum absolute atomic E-state index is 0.163. The van der Waals surface area contributed by atoms with Gasteiger partial charge in [-0.25, -0.2) is 4.79 Å². The first-order valence-corrected chi connectivity index (χ1v) is 9.29. The van der Waals surface area contributed by atoms with Gasteiger partial charge in [-0.15, -0.1) is 0 Å². The zero-order valence-corrected chi connectivity index (χ0v) is 16.3. The van der Waals surface area contributed by atoms with E-state index in [-0.39, 0.29) is 11.8 Å². The molecule has 0 aliphatic heterocycles. The number of aliphatic carboxylic acids is 1. The second kappa shape index (κ2) is 9.21. The Morgan fingerprint density at radius 2 is 1.56 bits per heavy atom. The molecule has 0 saturated carbocycles. The standard InChI is InChI=1S/C22H27NO4/c1-5-15-8-7-9-16(6-2)19(15)23-21(24)17-10-12-18(13-11-17)27-20(14(3)4)22(25)26/h7-14,20H,5-6H2,1-4H3,(H,23,24)(H,25,26). The normalized spacial score (nSPS) is 11.9. The first kappa shape index (κ1) is 20.5. The summed E-state index contributed by atoms with van der Waals surface area (Å²) < 4.78 is 5.53. The van der Waals surface area contributed by atoms with Gasteiger partial charge >= 0.3 is 5.97 Å². The molecule has 1 amide bonds. The number of benzene rings is 2. The van der Waals surface area contributed by atoms with Gasteiger partial charge in [0, 0.05) is 17.2 Å². The fraction of sp³-hybridized carbons (Fsp3) is 0.364. The van der Waals surface area contributed by atoms with Crippen molar-refractivity contribution in [2.75, 3.05) is 5.32 Å². The molecule has 0 radical (unpaired) electrons. The van der Waals surface area contributed by atoms with Gasteiger partial charge in [-0.3, -0.25) is 4.79 Å². The number of ether oxygens (including phenoxy) is 1. The zero-order valence-electron chi connectivity index (χ0n) is 16.3. The van der Waals surface area contributed by atoms with Crippen LogP contribution in [0.1, 0.15) is 49.2 Å². The highest BCUT2D eigenvalue weighted by molar-refractivity contribution is 6.05. The summed E-state index contributed by atoms with van der Waals surface area (Å²) in [5, 5.41) is 12.2. The molecule has 0 spiro atoms. The number of carboxylic acid groups (broad SMARTS) is 1. The Balaban J connectivity index is 2.16. The first-order chi connectivity index (χ1) is 12.9. The van der Waals surface area contributed by atoms with Crippen molar-refractivity contribution in [3.8, 4) is 5.75 Å². The van der Waals surface area contributed by atoms with E-state index >= 15 is 0 Å². The molecule has 0 heterocycles. The minimum Gasteiger partial charge on any atom is -0.478 e. The second-order valence-corrected chi connectivity index (χ2v) is 6.76. The van der Waals surface area contributed by atoms with Gasteiger partial charge in [0.15, 0.2) is 6.10 Å². The lowest BCUT2D eigenvalue weighted by Crippen LogP contribution is -2.32. The predicted octanol–water partition coefficient (Wildman–Crippen LogP) is 4.55.